The molecule has 1 fully saturated rings. The number of hydrazine groups is 1. The molecule has 3 atom stereocenters. The summed E-state index contributed by atoms with van der Waals surface area (Å²) in [7, 11) is 0. The molecule has 3 unspecified atom stereocenters. The molecule has 1 aliphatic rings. The van der Waals surface area contributed by atoms with E-state index in [1.807, 2.05) is 13.0 Å². The number of nitrogens with two attached hydrogens (primary N) is 1. The summed E-state index contributed by atoms with van der Waals surface area (Å²) in [6, 6.07) is 5.32. The second kappa shape index (κ2) is 5.81. The van der Waals surface area contributed by atoms with Gasteiger partial charge in [0.2, 0.25) is 0 Å². The zero-order valence-corrected chi connectivity index (χ0v) is 11.2. The molecule has 100 valence electrons. The maximum atomic E-state index is 13.1. The van der Waals surface area contributed by atoms with Gasteiger partial charge in [-0.05, 0) is 54.9 Å². The van der Waals surface area contributed by atoms with Crippen molar-refractivity contribution in [2.24, 2.45) is 17.7 Å². The van der Waals surface area contributed by atoms with Crippen LogP contribution in [0.2, 0.25) is 0 Å². The van der Waals surface area contributed by atoms with Gasteiger partial charge in [-0.15, -0.1) is 0 Å². The van der Waals surface area contributed by atoms with Crippen molar-refractivity contribution in [3.05, 3.63) is 35.1 Å². The molecule has 0 amide bonds. The molecule has 1 aliphatic carbocycles. The Kier molecular flexibility index (Phi) is 4.36. The van der Waals surface area contributed by atoms with Gasteiger partial charge < -0.3 is 0 Å². The normalized spacial score (nSPS) is 25.3. The van der Waals surface area contributed by atoms with Gasteiger partial charge in [-0.3, -0.25) is 11.3 Å². The molecule has 1 aromatic carbocycles. The Morgan fingerprint density at radius 1 is 1.44 bits per heavy atom. The third-order valence-electron chi connectivity index (χ3n) is 4.40. The van der Waals surface area contributed by atoms with Crippen molar-refractivity contribution in [2.45, 2.75) is 45.6 Å². The molecular weight excluding hydrogens is 227 g/mol. The summed E-state index contributed by atoms with van der Waals surface area (Å²) in [6.45, 7) is 4.27. The summed E-state index contributed by atoms with van der Waals surface area (Å²) in [4.78, 5) is 0. The molecule has 0 aliphatic heterocycles. The first-order valence-electron chi connectivity index (χ1n) is 6.83. The third kappa shape index (κ3) is 2.90. The molecule has 0 heterocycles. The minimum absolute atomic E-state index is 0.164. The summed E-state index contributed by atoms with van der Waals surface area (Å²) in [5.41, 5.74) is 5.18. The van der Waals surface area contributed by atoms with Crippen LogP contribution in [0.5, 0.6) is 0 Å². The molecule has 1 aromatic rings. The smallest absolute Gasteiger partial charge is 0.123 e. The lowest BCUT2D eigenvalue weighted by atomic mass is 9.86. The van der Waals surface area contributed by atoms with Crippen molar-refractivity contribution in [3.63, 3.8) is 0 Å². The molecule has 2 rings (SSSR count). The molecule has 0 bridgehead atoms. The molecule has 0 saturated heterocycles. The monoisotopic (exact) mass is 250 g/mol. The van der Waals surface area contributed by atoms with Crippen molar-refractivity contribution in [3.8, 4) is 0 Å². The summed E-state index contributed by atoms with van der Waals surface area (Å²) in [6.07, 6.45) is 4.73. The molecule has 0 spiro atoms. The fourth-order valence-electron chi connectivity index (χ4n) is 3.23. The van der Waals surface area contributed by atoms with E-state index in [-0.39, 0.29) is 5.82 Å². The highest BCUT2D eigenvalue weighted by Crippen LogP contribution is 2.34. The number of nitrogens with one attached hydrogen (secondary N) is 1. The number of hydrogen-bond donors (Lipinski definition) is 2. The summed E-state index contributed by atoms with van der Waals surface area (Å²) >= 11 is 0. The number of hydrogen-bond acceptors (Lipinski definition) is 2. The quantitative estimate of drug-likeness (QED) is 0.637. The molecule has 18 heavy (non-hydrogen) atoms. The van der Waals surface area contributed by atoms with E-state index < -0.39 is 0 Å². The third-order valence-corrected chi connectivity index (χ3v) is 4.40. The topological polar surface area (TPSA) is 38.0 Å². The highest BCUT2D eigenvalue weighted by Gasteiger charge is 2.30. The van der Waals surface area contributed by atoms with Gasteiger partial charge in [0.05, 0.1) is 0 Å². The van der Waals surface area contributed by atoms with Gasteiger partial charge >= 0.3 is 0 Å². The van der Waals surface area contributed by atoms with Gasteiger partial charge in [-0.25, -0.2) is 4.39 Å². The van der Waals surface area contributed by atoms with Crippen LogP contribution in [0, 0.1) is 24.6 Å². The van der Waals surface area contributed by atoms with E-state index in [0.29, 0.717) is 12.0 Å². The zero-order valence-electron chi connectivity index (χ0n) is 11.2. The van der Waals surface area contributed by atoms with Crippen LogP contribution in [0.1, 0.15) is 37.3 Å². The van der Waals surface area contributed by atoms with E-state index in [1.165, 1.54) is 30.9 Å². The van der Waals surface area contributed by atoms with Crippen LogP contribution in [0.3, 0.4) is 0 Å². The van der Waals surface area contributed by atoms with E-state index in [1.54, 1.807) is 6.07 Å². The van der Waals surface area contributed by atoms with Crippen LogP contribution in [-0.2, 0) is 6.42 Å². The van der Waals surface area contributed by atoms with Crippen molar-refractivity contribution in [2.75, 3.05) is 0 Å². The van der Waals surface area contributed by atoms with Crippen LogP contribution >= 0.6 is 0 Å². The van der Waals surface area contributed by atoms with Crippen molar-refractivity contribution < 1.29 is 4.39 Å². The maximum absolute atomic E-state index is 13.1. The Balaban J connectivity index is 2.10. The largest absolute Gasteiger partial charge is 0.271 e. The number of benzene rings is 1. The average Bonchev–Trinajstić information content (AvgIpc) is 2.75. The number of rotatable bonds is 4. The molecular formula is C15H23FN2. The highest BCUT2D eigenvalue weighted by molar-refractivity contribution is 5.27. The van der Waals surface area contributed by atoms with E-state index in [9.17, 15) is 4.39 Å². The van der Waals surface area contributed by atoms with Gasteiger partial charge in [0.1, 0.15) is 5.82 Å². The second-order valence-corrected chi connectivity index (χ2v) is 5.62. The lowest BCUT2D eigenvalue weighted by Gasteiger charge is -2.27. The lowest BCUT2D eigenvalue weighted by molar-refractivity contribution is 0.297. The van der Waals surface area contributed by atoms with Gasteiger partial charge in [0.25, 0.3) is 0 Å². The van der Waals surface area contributed by atoms with Crippen molar-refractivity contribution in [1.29, 1.82) is 0 Å². The number of aryl methyl sites for hydroxylation is 1. The molecule has 3 heteroatoms. The number of halogens is 1. The van der Waals surface area contributed by atoms with Gasteiger partial charge in [-0.1, -0.05) is 25.8 Å². The van der Waals surface area contributed by atoms with Crippen LogP contribution in [-0.4, -0.2) is 6.04 Å². The fraction of sp³-hybridized carbons (Fsp3) is 0.600. The molecule has 2 nitrogen and oxygen atoms in total. The van der Waals surface area contributed by atoms with E-state index in [0.717, 1.165) is 17.9 Å². The fourth-order valence-corrected chi connectivity index (χ4v) is 3.23. The Hall–Kier alpha value is -0.930. The first-order chi connectivity index (χ1) is 8.61. The van der Waals surface area contributed by atoms with Crippen LogP contribution in [0.15, 0.2) is 18.2 Å². The van der Waals surface area contributed by atoms with Crippen molar-refractivity contribution >= 4 is 0 Å². The first-order valence-corrected chi connectivity index (χ1v) is 6.83. The minimum Gasteiger partial charge on any atom is -0.271 e. The SMILES string of the molecule is Cc1cc(F)ccc1CC(NN)C1CCCC1C. The van der Waals surface area contributed by atoms with Gasteiger partial charge in [-0.2, -0.15) is 0 Å². The van der Waals surface area contributed by atoms with Gasteiger partial charge in [0, 0.05) is 6.04 Å². The Morgan fingerprint density at radius 2 is 2.22 bits per heavy atom. The van der Waals surface area contributed by atoms with Crippen LogP contribution < -0.4 is 11.3 Å². The Morgan fingerprint density at radius 3 is 2.78 bits per heavy atom. The molecule has 1 saturated carbocycles. The lowest BCUT2D eigenvalue weighted by Crippen LogP contribution is -2.43. The molecule has 0 radical (unpaired) electrons. The maximum Gasteiger partial charge on any atom is 0.123 e. The highest BCUT2D eigenvalue weighted by atomic mass is 19.1. The van der Waals surface area contributed by atoms with Gasteiger partial charge in [0.15, 0.2) is 0 Å². The van der Waals surface area contributed by atoms with E-state index in [4.69, 9.17) is 5.84 Å². The van der Waals surface area contributed by atoms with Crippen LogP contribution in [0.4, 0.5) is 4.39 Å². The Bertz CT molecular complexity index is 405. The second-order valence-electron chi connectivity index (χ2n) is 5.62. The minimum atomic E-state index is -0.164. The van der Waals surface area contributed by atoms with E-state index >= 15 is 0 Å². The first kappa shape index (κ1) is 13.5. The van der Waals surface area contributed by atoms with Crippen molar-refractivity contribution in [1.82, 2.24) is 5.43 Å². The predicted molar refractivity (Wildman–Crippen MR) is 72.5 cm³/mol. The predicted octanol–water partition coefficient (Wildman–Crippen LogP) is 2.94. The Labute approximate surface area is 109 Å². The standard InChI is InChI=1S/C15H23FN2/c1-10-4-3-5-14(10)15(18-17)9-12-6-7-13(16)8-11(12)2/h6-8,10,14-15,18H,3-5,9,17H2,1-2H3. The molecule has 0 aromatic heterocycles. The van der Waals surface area contributed by atoms with E-state index in [2.05, 4.69) is 12.3 Å². The van der Waals surface area contributed by atoms with Crippen LogP contribution in [0.25, 0.3) is 0 Å². The average molecular weight is 250 g/mol. The zero-order chi connectivity index (χ0) is 13.1. The molecule has 3 N–H and O–H groups in total. The summed E-state index contributed by atoms with van der Waals surface area (Å²) < 4.78 is 13.1. The summed E-state index contributed by atoms with van der Waals surface area (Å²) in [5.74, 6) is 6.92. The summed E-state index contributed by atoms with van der Waals surface area (Å²) in [5, 5.41) is 0.